The van der Waals surface area contributed by atoms with Crippen molar-refractivity contribution in [2.75, 3.05) is 13.2 Å². The van der Waals surface area contributed by atoms with E-state index in [1.54, 1.807) is 0 Å². The molecule has 1 unspecified atom stereocenters. The molecule has 2 heteroatoms. The monoisotopic (exact) mass is 210 g/mol. The van der Waals surface area contributed by atoms with E-state index in [9.17, 15) is 0 Å². The molecule has 1 atom stereocenters. The van der Waals surface area contributed by atoms with Gasteiger partial charge in [0.25, 0.3) is 0 Å². The third kappa shape index (κ3) is 3.23. The molecule has 0 aromatic rings. The van der Waals surface area contributed by atoms with Crippen molar-refractivity contribution in [1.29, 1.82) is 0 Å². The Hall–Kier alpha value is -0.500. The van der Waals surface area contributed by atoms with Crippen LogP contribution in [-0.4, -0.2) is 18.8 Å². The fraction of sp³-hybridized carbons (Fsp3) is 0.846. The fourth-order valence-electron chi connectivity index (χ4n) is 2.23. The first-order valence-electron chi connectivity index (χ1n) is 6.28. The van der Waals surface area contributed by atoms with Crippen LogP contribution in [0.5, 0.6) is 0 Å². The summed E-state index contributed by atoms with van der Waals surface area (Å²) < 4.78 is 11.0. The number of ether oxygens (including phenoxy) is 2. The standard InChI is InChI=1S/C13H22O2/c1-2-13(11-15-13)8-5-9-14-10-12-6-3-4-7-12/h10H,2-9,11H2,1H3. The van der Waals surface area contributed by atoms with Crippen molar-refractivity contribution in [3.8, 4) is 0 Å². The second kappa shape index (κ2) is 5.02. The highest BCUT2D eigenvalue weighted by molar-refractivity contribution is 5.02. The van der Waals surface area contributed by atoms with Crippen molar-refractivity contribution < 1.29 is 9.47 Å². The molecule has 0 spiro atoms. The third-order valence-electron chi connectivity index (χ3n) is 3.59. The molecule has 1 saturated heterocycles. The molecule has 2 aliphatic rings. The summed E-state index contributed by atoms with van der Waals surface area (Å²) >= 11 is 0. The minimum absolute atomic E-state index is 0.240. The lowest BCUT2D eigenvalue weighted by Gasteiger charge is -2.08. The second-order valence-corrected chi connectivity index (χ2v) is 4.78. The first-order valence-corrected chi connectivity index (χ1v) is 6.28. The van der Waals surface area contributed by atoms with Crippen LogP contribution >= 0.6 is 0 Å². The summed E-state index contributed by atoms with van der Waals surface area (Å²) in [6.07, 6.45) is 10.6. The van der Waals surface area contributed by atoms with Gasteiger partial charge >= 0.3 is 0 Å². The number of rotatable bonds is 6. The van der Waals surface area contributed by atoms with Gasteiger partial charge in [0.05, 0.1) is 25.1 Å². The Bertz CT molecular complexity index is 221. The first kappa shape index (κ1) is 11.0. The zero-order valence-corrected chi connectivity index (χ0v) is 9.76. The fourth-order valence-corrected chi connectivity index (χ4v) is 2.23. The van der Waals surface area contributed by atoms with Gasteiger partial charge in [0.15, 0.2) is 0 Å². The van der Waals surface area contributed by atoms with Gasteiger partial charge in [0.1, 0.15) is 0 Å². The van der Waals surface area contributed by atoms with Crippen LogP contribution in [0.15, 0.2) is 11.8 Å². The van der Waals surface area contributed by atoms with Crippen LogP contribution in [0.1, 0.15) is 51.9 Å². The average molecular weight is 210 g/mol. The highest BCUT2D eigenvalue weighted by Crippen LogP contribution is 2.35. The van der Waals surface area contributed by atoms with E-state index in [1.165, 1.54) is 31.3 Å². The smallest absolute Gasteiger partial charge is 0.0915 e. The largest absolute Gasteiger partial charge is 0.501 e. The van der Waals surface area contributed by atoms with Crippen LogP contribution in [0.3, 0.4) is 0 Å². The zero-order valence-electron chi connectivity index (χ0n) is 9.76. The summed E-state index contributed by atoms with van der Waals surface area (Å²) in [5.74, 6) is 0. The van der Waals surface area contributed by atoms with Crippen molar-refractivity contribution in [2.24, 2.45) is 0 Å². The Morgan fingerprint density at radius 3 is 2.73 bits per heavy atom. The Balaban J connectivity index is 1.53. The van der Waals surface area contributed by atoms with Gasteiger partial charge in [0.2, 0.25) is 0 Å². The normalized spacial score (nSPS) is 29.3. The minimum Gasteiger partial charge on any atom is -0.501 e. The van der Waals surface area contributed by atoms with Crippen LogP contribution in [-0.2, 0) is 9.47 Å². The van der Waals surface area contributed by atoms with Crippen molar-refractivity contribution in [3.05, 3.63) is 11.8 Å². The van der Waals surface area contributed by atoms with E-state index >= 15 is 0 Å². The molecule has 86 valence electrons. The quantitative estimate of drug-likeness (QED) is 0.380. The molecular formula is C13H22O2. The summed E-state index contributed by atoms with van der Waals surface area (Å²) in [4.78, 5) is 0. The molecule has 2 rings (SSSR count). The molecule has 1 saturated carbocycles. The summed E-state index contributed by atoms with van der Waals surface area (Å²) in [5, 5.41) is 0. The highest BCUT2D eigenvalue weighted by atomic mass is 16.6. The van der Waals surface area contributed by atoms with Crippen molar-refractivity contribution in [3.63, 3.8) is 0 Å². The molecule has 1 aliphatic carbocycles. The van der Waals surface area contributed by atoms with Crippen LogP contribution in [0.4, 0.5) is 0 Å². The molecule has 2 fully saturated rings. The highest BCUT2D eigenvalue weighted by Gasteiger charge is 2.41. The summed E-state index contributed by atoms with van der Waals surface area (Å²) in [5.41, 5.74) is 1.74. The van der Waals surface area contributed by atoms with Crippen LogP contribution in [0.2, 0.25) is 0 Å². The van der Waals surface area contributed by atoms with E-state index in [2.05, 4.69) is 6.92 Å². The lowest BCUT2D eigenvalue weighted by Crippen LogP contribution is -2.09. The number of hydrogen-bond acceptors (Lipinski definition) is 2. The molecule has 0 aromatic heterocycles. The molecule has 1 aliphatic heterocycles. The van der Waals surface area contributed by atoms with E-state index in [4.69, 9.17) is 9.47 Å². The van der Waals surface area contributed by atoms with Crippen molar-refractivity contribution in [1.82, 2.24) is 0 Å². The van der Waals surface area contributed by atoms with E-state index < -0.39 is 0 Å². The third-order valence-corrected chi connectivity index (χ3v) is 3.59. The van der Waals surface area contributed by atoms with Crippen molar-refractivity contribution >= 4 is 0 Å². The Labute approximate surface area is 92.6 Å². The van der Waals surface area contributed by atoms with Crippen LogP contribution in [0, 0.1) is 0 Å². The van der Waals surface area contributed by atoms with Gasteiger partial charge in [-0.3, -0.25) is 0 Å². The van der Waals surface area contributed by atoms with Crippen molar-refractivity contribution in [2.45, 2.75) is 57.5 Å². The molecule has 15 heavy (non-hydrogen) atoms. The van der Waals surface area contributed by atoms with Crippen LogP contribution < -0.4 is 0 Å². The van der Waals surface area contributed by atoms with E-state index in [-0.39, 0.29) is 5.60 Å². The molecule has 0 amide bonds. The Morgan fingerprint density at radius 2 is 2.13 bits per heavy atom. The van der Waals surface area contributed by atoms with Gasteiger partial charge in [0, 0.05) is 0 Å². The second-order valence-electron chi connectivity index (χ2n) is 4.78. The summed E-state index contributed by atoms with van der Waals surface area (Å²) in [7, 11) is 0. The minimum atomic E-state index is 0.240. The Kier molecular flexibility index (Phi) is 3.68. The molecule has 0 aromatic carbocycles. The summed E-state index contributed by atoms with van der Waals surface area (Å²) in [6, 6.07) is 0. The maximum absolute atomic E-state index is 5.57. The number of hydrogen-bond donors (Lipinski definition) is 0. The maximum Gasteiger partial charge on any atom is 0.0915 e. The number of epoxide rings is 1. The maximum atomic E-state index is 5.57. The van der Waals surface area contributed by atoms with Gasteiger partial charge in [-0.05, 0) is 50.5 Å². The lowest BCUT2D eigenvalue weighted by molar-refractivity contribution is 0.210. The van der Waals surface area contributed by atoms with E-state index in [0.717, 1.165) is 32.5 Å². The number of allylic oxidation sites excluding steroid dienone is 1. The molecule has 0 radical (unpaired) electrons. The van der Waals surface area contributed by atoms with Gasteiger partial charge in [-0.2, -0.15) is 0 Å². The van der Waals surface area contributed by atoms with Gasteiger partial charge in [-0.25, -0.2) is 0 Å². The Morgan fingerprint density at radius 1 is 1.40 bits per heavy atom. The van der Waals surface area contributed by atoms with E-state index in [0.29, 0.717) is 0 Å². The van der Waals surface area contributed by atoms with Crippen LogP contribution in [0.25, 0.3) is 0 Å². The molecule has 2 nitrogen and oxygen atoms in total. The molecular weight excluding hydrogens is 188 g/mol. The van der Waals surface area contributed by atoms with E-state index in [1.807, 2.05) is 6.26 Å². The first-order chi connectivity index (χ1) is 7.35. The SMILES string of the molecule is CCC1(CCCOC=C2CCCC2)CO1. The predicted molar refractivity (Wildman–Crippen MR) is 60.7 cm³/mol. The lowest BCUT2D eigenvalue weighted by atomic mass is 10.0. The molecule has 0 bridgehead atoms. The average Bonchev–Trinajstić information content (AvgIpc) is 2.85. The van der Waals surface area contributed by atoms with Gasteiger partial charge < -0.3 is 9.47 Å². The van der Waals surface area contributed by atoms with Gasteiger partial charge in [-0.1, -0.05) is 6.92 Å². The topological polar surface area (TPSA) is 21.8 Å². The molecule has 0 N–H and O–H groups in total. The predicted octanol–water partition coefficient (Wildman–Crippen LogP) is 3.42. The van der Waals surface area contributed by atoms with Gasteiger partial charge in [-0.15, -0.1) is 0 Å². The summed E-state index contributed by atoms with van der Waals surface area (Å²) in [6.45, 7) is 4.02. The molecule has 1 heterocycles. The zero-order chi connectivity index (χ0) is 10.6.